The average molecular weight is 496 g/mol. The Balaban J connectivity index is 0.00000156. The number of aromatic nitrogens is 4. The van der Waals surface area contributed by atoms with Crippen molar-refractivity contribution in [3.8, 4) is 22.8 Å². The van der Waals surface area contributed by atoms with Crippen LogP contribution in [0.5, 0.6) is 5.75 Å². The number of methoxy groups -OCH3 is 1. The highest BCUT2D eigenvalue weighted by Crippen LogP contribution is 2.30. The van der Waals surface area contributed by atoms with Crippen LogP contribution in [-0.2, 0) is 6.54 Å². The fourth-order valence-corrected chi connectivity index (χ4v) is 3.74. The monoisotopic (exact) mass is 495 g/mol. The second-order valence-electron chi connectivity index (χ2n) is 7.76. The summed E-state index contributed by atoms with van der Waals surface area (Å²) in [5, 5.41) is 5.67. The molecule has 0 saturated carbocycles. The van der Waals surface area contributed by atoms with Crippen molar-refractivity contribution in [1.82, 2.24) is 24.8 Å². The second kappa shape index (κ2) is 11.7. The number of imidazole rings is 1. The number of nitrogen functional groups attached to an aromatic ring is 1. The number of hydrogen-bond acceptors (Lipinski definition) is 6. The number of carbonyl (C=O) groups is 1. The highest BCUT2D eigenvalue weighted by molar-refractivity contribution is 5.89. The number of nitrogens with one attached hydrogen (secondary N) is 2. The van der Waals surface area contributed by atoms with E-state index in [2.05, 4.69) is 20.6 Å². The van der Waals surface area contributed by atoms with E-state index in [0.29, 0.717) is 23.9 Å². The summed E-state index contributed by atoms with van der Waals surface area (Å²) < 4.78 is 7.09. The minimum atomic E-state index is -0.293. The third kappa shape index (κ3) is 5.67. The molecule has 37 heavy (non-hydrogen) atoms. The second-order valence-corrected chi connectivity index (χ2v) is 7.76. The van der Waals surface area contributed by atoms with Gasteiger partial charge in [0.1, 0.15) is 17.1 Å². The predicted molar refractivity (Wildman–Crippen MR) is 147 cm³/mol. The van der Waals surface area contributed by atoms with Crippen LogP contribution in [0.1, 0.15) is 19.4 Å². The molecule has 3 aromatic heterocycles. The van der Waals surface area contributed by atoms with Crippen molar-refractivity contribution in [2.24, 2.45) is 0 Å². The van der Waals surface area contributed by atoms with Crippen molar-refractivity contribution in [3.63, 3.8) is 0 Å². The standard InChI is InChI=1S/C26H23N7O2.C2H6/c1-35-20-12-8-18(9-13-20)31-26(34)30-16-17-6-10-19(11-7-17)33-24(21-4-2-14-28-23(21)27)32-22-5-3-15-29-25(22)33;1-2/h2-15H,16H2,1H3,(H2,27,28)(H2,30,31,34);1-2H3. The summed E-state index contributed by atoms with van der Waals surface area (Å²) in [6, 6.07) is 22.2. The summed E-state index contributed by atoms with van der Waals surface area (Å²) in [4.78, 5) is 25.8. The molecule has 0 saturated heterocycles. The summed E-state index contributed by atoms with van der Waals surface area (Å²) in [5.41, 5.74) is 10.8. The number of pyridine rings is 2. The molecule has 0 aliphatic rings. The van der Waals surface area contributed by atoms with Crippen LogP contribution in [0.25, 0.3) is 28.2 Å². The van der Waals surface area contributed by atoms with E-state index >= 15 is 0 Å². The minimum Gasteiger partial charge on any atom is -0.497 e. The van der Waals surface area contributed by atoms with Crippen LogP contribution in [0.15, 0.2) is 85.2 Å². The van der Waals surface area contributed by atoms with Crippen molar-refractivity contribution >= 4 is 28.7 Å². The Hall–Kier alpha value is -4.92. The van der Waals surface area contributed by atoms with E-state index < -0.39 is 0 Å². The van der Waals surface area contributed by atoms with Crippen LogP contribution in [0.4, 0.5) is 16.3 Å². The van der Waals surface area contributed by atoms with Gasteiger partial charge in [-0.05, 0) is 66.2 Å². The summed E-state index contributed by atoms with van der Waals surface area (Å²) in [5.74, 6) is 1.79. The molecular weight excluding hydrogens is 466 g/mol. The Morgan fingerprint density at radius 2 is 1.65 bits per heavy atom. The number of anilines is 2. The molecule has 9 nitrogen and oxygen atoms in total. The lowest BCUT2D eigenvalue weighted by molar-refractivity contribution is 0.251. The molecule has 4 N–H and O–H groups in total. The van der Waals surface area contributed by atoms with Gasteiger partial charge in [0, 0.05) is 30.3 Å². The quantitative estimate of drug-likeness (QED) is 0.289. The van der Waals surface area contributed by atoms with Gasteiger partial charge < -0.3 is 21.1 Å². The van der Waals surface area contributed by atoms with Gasteiger partial charge in [-0.3, -0.25) is 4.57 Å². The van der Waals surface area contributed by atoms with Crippen LogP contribution >= 0.6 is 0 Å². The first-order valence-electron chi connectivity index (χ1n) is 11.9. The minimum absolute atomic E-state index is 0.293. The molecule has 2 amide bonds. The summed E-state index contributed by atoms with van der Waals surface area (Å²) in [6.07, 6.45) is 3.38. The molecule has 2 aromatic carbocycles. The molecule has 3 heterocycles. The van der Waals surface area contributed by atoms with Gasteiger partial charge in [-0.2, -0.15) is 0 Å². The zero-order valence-corrected chi connectivity index (χ0v) is 21.0. The molecule has 0 aliphatic carbocycles. The largest absolute Gasteiger partial charge is 0.497 e. The van der Waals surface area contributed by atoms with Gasteiger partial charge >= 0.3 is 6.03 Å². The number of rotatable bonds is 6. The molecule has 188 valence electrons. The first-order chi connectivity index (χ1) is 18.1. The molecule has 0 fully saturated rings. The lowest BCUT2D eigenvalue weighted by Crippen LogP contribution is -2.28. The normalized spacial score (nSPS) is 10.4. The maximum absolute atomic E-state index is 12.3. The fraction of sp³-hybridized carbons (Fsp3) is 0.143. The molecular formula is C28H29N7O2. The highest BCUT2D eigenvalue weighted by atomic mass is 16.5. The zero-order chi connectivity index (χ0) is 26.2. The summed E-state index contributed by atoms with van der Waals surface area (Å²) in [7, 11) is 1.60. The number of urea groups is 1. The number of ether oxygens (including phenoxy) is 1. The molecule has 9 heteroatoms. The van der Waals surface area contributed by atoms with Crippen LogP contribution in [0.3, 0.4) is 0 Å². The van der Waals surface area contributed by atoms with Gasteiger partial charge in [0.05, 0.1) is 12.7 Å². The van der Waals surface area contributed by atoms with Crippen molar-refractivity contribution in [2.75, 3.05) is 18.2 Å². The number of benzene rings is 2. The van der Waals surface area contributed by atoms with Crippen molar-refractivity contribution in [1.29, 1.82) is 0 Å². The number of fused-ring (bicyclic) bond motifs is 1. The number of carbonyl (C=O) groups excluding carboxylic acids is 1. The van der Waals surface area contributed by atoms with Gasteiger partial charge in [-0.15, -0.1) is 0 Å². The molecule has 0 radical (unpaired) electrons. The Morgan fingerprint density at radius 1 is 0.946 bits per heavy atom. The van der Waals surface area contributed by atoms with Gasteiger partial charge in [0.2, 0.25) is 0 Å². The Bertz CT molecular complexity index is 1480. The lowest BCUT2D eigenvalue weighted by atomic mass is 10.2. The topological polar surface area (TPSA) is 120 Å². The van der Waals surface area contributed by atoms with Crippen LogP contribution < -0.4 is 21.1 Å². The van der Waals surface area contributed by atoms with Crippen LogP contribution in [0.2, 0.25) is 0 Å². The lowest BCUT2D eigenvalue weighted by Gasteiger charge is -2.12. The van der Waals surface area contributed by atoms with E-state index in [0.717, 1.165) is 33.7 Å². The summed E-state index contributed by atoms with van der Waals surface area (Å²) >= 11 is 0. The van der Waals surface area contributed by atoms with E-state index in [9.17, 15) is 4.79 Å². The SMILES string of the molecule is CC.COc1ccc(NC(=O)NCc2ccc(-n3c(-c4cccnc4N)nc4cccnc43)cc2)cc1. The molecule has 0 aliphatic heterocycles. The van der Waals surface area contributed by atoms with E-state index in [-0.39, 0.29) is 6.03 Å². The van der Waals surface area contributed by atoms with E-state index in [1.54, 1.807) is 43.8 Å². The number of nitrogens with zero attached hydrogens (tertiary/aromatic N) is 4. The average Bonchev–Trinajstić information content (AvgIpc) is 3.33. The van der Waals surface area contributed by atoms with Gasteiger partial charge in [-0.1, -0.05) is 26.0 Å². The third-order valence-corrected chi connectivity index (χ3v) is 5.49. The maximum Gasteiger partial charge on any atom is 0.319 e. The van der Waals surface area contributed by atoms with Crippen molar-refractivity contribution in [2.45, 2.75) is 20.4 Å². The third-order valence-electron chi connectivity index (χ3n) is 5.49. The predicted octanol–water partition coefficient (Wildman–Crippen LogP) is 5.42. The van der Waals surface area contributed by atoms with E-state index in [4.69, 9.17) is 15.5 Å². The number of hydrogen-bond donors (Lipinski definition) is 3. The van der Waals surface area contributed by atoms with Gasteiger partial charge in [-0.25, -0.2) is 19.7 Å². The van der Waals surface area contributed by atoms with Gasteiger partial charge in [0.25, 0.3) is 0 Å². The maximum atomic E-state index is 12.3. The fourth-order valence-electron chi connectivity index (χ4n) is 3.74. The van der Waals surface area contributed by atoms with Gasteiger partial charge in [0.15, 0.2) is 11.5 Å². The van der Waals surface area contributed by atoms with E-state index in [1.165, 1.54) is 0 Å². The molecule has 5 aromatic rings. The zero-order valence-electron chi connectivity index (χ0n) is 21.0. The number of amides is 2. The smallest absolute Gasteiger partial charge is 0.319 e. The molecule has 5 rings (SSSR count). The van der Waals surface area contributed by atoms with Crippen LogP contribution in [0, 0.1) is 0 Å². The number of nitrogens with two attached hydrogens (primary N) is 1. The summed E-state index contributed by atoms with van der Waals surface area (Å²) in [6.45, 7) is 4.37. The van der Waals surface area contributed by atoms with Crippen molar-refractivity contribution in [3.05, 3.63) is 90.8 Å². The first-order valence-corrected chi connectivity index (χ1v) is 11.9. The molecule has 0 unspecified atom stereocenters. The highest BCUT2D eigenvalue weighted by Gasteiger charge is 2.17. The Kier molecular flexibility index (Phi) is 7.95. The molecule has 0 atom stereocenters. The van der Waals surface area contributed by atoms with E-state index in [1.807, 2.05) is 66.9 Å². The van der Waals surface area contributed by atoms with Crippen molar-refractivity contribution < 1.29 is 9.53 Å². The van der Waals surface area contributed by atoms with Crippen LogP contribution in [-0.4, -0.2) is 32.7 Å². The molecule has 0 spiro atoms. The molecule has 0 bridgehead atoms. The Labute approximate surface area is 215 Å². The first kappa shape index (κ1) is 25.2. The Morgan fingerprint density at radius 3 is 2.35 bits per heavy atom.